The van der Waals surface area contributed by atoms with Gasteiger partial charge in [-0.1, -0.05) is 43.1 Å². The SMILES string of the molecule is Cc1ccc(OCc2nc3cc(Cl)ccc3n2CC(C)C)c(C)c1. The Morgan fingerprint density at radius 3 is 2.62 bits per heavy atom. The van der Waals surface area contributed by atoms with E-state index < -0.39 is 0 Å². The third-order valence-electron chi connectivity index (χ3n) is 4.02. The second kappa shape index (κ2) is 6.86. The van der Waals surface area contributed by atoms with Crippen LogP contribution in [0.25, 0.3) is 11.0 Å². The minimum Gasteiger partial charge on any atom is -0.485 e. The first-order chi connectivity index (χ1) is 11.4. The van der Waals surface area contributed by atoms with E-state index in [-0.39, 0.29) is 0 Å². The van der Waals surface area contributed by atoms with Crippen molar-refractivity contribution in [1.82, 2.24) is 9.55 Å². The van der Waals surface area contributed by atoms with E-state index in [2.05, 4.69) is 44.4 Å². The molecule has 0 radical (unpaired) electrons. The monoisotopic (exact) mass is 342 g/mol. The number of rotatable bonds is 5. The Kier molecular flexibility index (Phi) is 4.81. The molecule has 0 N–H and O–H groups in total. The van der Waals surface area contributed by atoms with Gasteiger partial charge in [0.05, 0.1) is 11.0 Å². The van der Waals surface area contributed by atoms with Crippen LogP contribution in [0.1, 0.15) is 30.8 Å². The molecular weight excluding hydrogens is 320 g/mol. The molecule has 0 bridgehead atoms. The number of imidazole rings is 1. The predicted molar refractivity (Wildman–Crippen MR) is 99.8 cm³/mol. The van der Waals surface area contributed by atoms with E-state index in [1.165, 1.54) is 5.56 Å². The zero-order chi connectivity index (χ0) is 17.3. The Labute approximate surface area is 148 Å². The van der Waals surface area contributed by atoms with E-state index in [0.717, 1.165) is 34.7 Å². The minimum atomic E-state index is 0.447. The molecule has 0 saturated heterocycles. The molecular formula is C20H23ClN2O. The lowest BCUT2D eigenvalue weighted by Crippen LogP contribution is -2.11. The first kappa shape index (κ1) is 16.8. The second-order valence-corrected chi connectivity index (χ2v) is 7.16. The van der Waals surface area contributed by atoms with Crippen molar-refractivity contribution in [3.63, 3.8) is 0 Å². The molecule has 1 heterocycles. The molecule has 2 aromatic carbocycles. The molecule has 0 saturated carbocycles. The molecule has 1 aromatic heterocycles. The van der Waals surface area contributed by atoms with Gasteiger partial charge in [-0.15, -0.1) is 0 Å². The Morgan fingerprint density at radius 1 is 1.12 bits per heavy atom. The molecule has 24 heavy (non-hydrogen) atoms. The van der Waals surface area contributed by atoms with Gasteiger partial charge in [0.1, 0.15) is 18.2 Å². The van der Waals surface area contributed by atoms with Crippen LogP contribution in [0.4, 0.5) is 0 Å². The molecule has 0 amide bonds. The fraction of sp³-hybridized carbons (Fsp3) is 0.350. The van der Waals surface area contributed by atoms with Crippen molar-refractivity contribution in [2.24, 2.45) is 5.92 Å². The lowest BCUT2D eigenvalue weighted by molar-refractivity contribution is 0.285. The molecule has 126 valence electrons. The van der Waals surface area contributed by atoms with Gasteiger partial charge < -0.3 is 9.30 Å². The number of hydrogen-bond acceptors (Lipinski definition) is 2. The van der Waals surface area contributed by atoms with Gasteiger partial charge in [0.15, 0.2) is 0 Å². The van der Waals surface area contributed by atoms with E-state index in [4.69, 9.17) is 21.3 Å². The van der Waals surface area contributed by atoms with Crippen LogP contribution in [0.2, 0.25) is 5.02 Å². The van der Waals surface area contributed by atoms with Crippen LogP contribution in [0, 0.1) is 19.8 Å². The number of ether oxygens (including phenoxy) is 1. The van der Waals surface area contributed by atoms with Crippen LogP contribution in [0.3, 0.4) is 0 Å². The Balaban J connectivity index is 1.92. The number of halogens is 1. The zero-order valence-corrected chi connectivity index (χ0v) is 15.4. The quantitative estimate of drug-likeness (QED) is 0.608. The van der Waals surface area contributed by atoms with Gasteiger partial charge >= 0.3 is 0 Å². The van der Waals surface area contributed by atoms with Gasteiger partial charge in [0.25, 0.3) is 0 Å². The summed E-state index contributed by atoms with van der Waals surface area (Å²) in [7, 11) is 0. The van der Waals surface area contributed by atoms with Crippen LogP contribution in [0.15, 0.2) is 36.4 Å². The maximum Gasteiger partial charge on any atom is 0.148 e. The summed E-state index contributed by atoms with van der Waals surface area (Å²) >= 11 is 6.11. The fourth-order valence-electron chi connectivity index (χ4n) is 2.94. The van der Waals surface area contributed by atoms with Crippen LogP contribution >= 0.6 is 11.6 Å². The van der Waals surface area contributed by atoms with Gasteiger partial charge in [0, 0.05) is 11.6 Å². The normalized spacial score (nSPS) is 11.4. The highest BCUT2D eigenvalue weighted by Gasteiger charge is 2.13. The number of benzene rings is 2. The standard InChI is InChI=1S/C20H23ClN2O/c1-13(2)11-23-18-7-6-16(21)10-17(18)22-20(23)12-24-19-8-5-14(3)9-15(19)4/h5-10,13H,11-12H2,1-4H3. The molecule has 0 aliphatic rings. The molecule has 3 nitrogen and oxygen atoms in total. The van der Waals surface area contributed by atoms with Crippen molar-refractivity contribution in [3.05, 3.63) is 58.4 Å². The van der Waals surface area contributed by atoms with Gasteiger partial charge in [-0.25, -0.2) is 4.98 Å². The van der Waals surface area contributed by atoms with Crippen molar-refractivity contribution in [1.29, 1.82) is 0 Å². The first-order valence-electron chi connectivity index (χ1n) is 8.29. The van der Waals surface area contributed by atoms with Crippen LogP contribution < -0.4 is 4.74 Å². The minimum absolute atomic E-state index is 0.447. The Hall–Kier alpha value is -2.00. The van der Waals surface area contributed by atoms with Gasteiger partial charge in [-0.2, -0.15) is 0 Å². The summed E-state index contributed by atoms with van der Waals surface area (Å²) < 4.78 is 8.28. The summed E-state index contributed by atoms with van der Waals surface area (Å²) in [5.74, 6) is 2.36. The van der Waals surface area contributed by atoms with Gasteiger partial charge in [0.2, 0.25) is 0 Å². The molecule has 0 aliphatic carbocycles. The highest BCUT2D eigenvalue weighted by Crippen LogP contribution is 2.24. The molecule has 3 aromatic rings. The summed E-state index contributed by atoms with van der Waals surface area (Å²) in [6, 6.07) is 12.1. The van der Waals surface area contributed by atoms with E-state index in [1.54, 1.807) is 0 Å². The Bertz CT molecular complexity index is 867. The number of nitrogens with zero attached hydrogens (tertiary/aromatic N) is 2. The molecule has 3 rings (SSSR count). The van der Waals surface area contributed by atoms with E-state index in [9.17, 15) is 0 Å². The lowest BCUT2D eigenvalue weighted by atomic mass is 10.1. The van der Waals surface area contributed by atoms with Gasteiger partial charge in [-0.3, -0.25) is 0 Å². The first-order valence-corrected chi connectivity index (χ1v) is 8.66. The van der Waals surface area contributed by atoms with Gasteiger partial charge in [-0.05, 0) is 49.6 Å². The number of aromatic nitrogens is 2. The number of fused-ring (bicyclic) bond motifs is 1. The summed E-state index contributed by atoms with van der Waals surface area (Å²) in [5.41, 5.74) is 4.40. The molecule has 0 aliphatic heterocycles. The fourth-order valence-corrected chi connectivity index (χ4v) is 3.10. The van der Waals surface area contributed by atoms with Crippen molar-refractivity contribution >= 4 is 22.6 Å². The van der Waals surface area contributed by atoms with E-state index in [0.29, 0.717) is 17.5 Å². The van der Waals surface area contributed by atoms with Crippen molar-refractivity contribution in [2.45, 2.75) is 40.8 Å². The molecule has 0 fully saturated rings. The van der Waals surface area contributed by atoms with E-state index >= 15 is 0 Å². The number of hydrogen-bond donors (Lipinski definition) is 0. The average Bonchev–Trinajstić information content (AvgIpc) is 2.82. The lowest BCUT2D eigenvalue weighted by Gasteiger charge is -2.13. The largest absolute Gasteiger partial charge is 0.485 e. The topological polar surface area (TPSA) is 27.1 Å². The summed E-state index contributed by atoms with van der Waals surface area (Å²) in [5, 5.41) is 0.707. The third-order valence-corrected chi connectivity index (χ3v) is 4.26. The van der Waals surface area contributed by atoms with Crippen LogP contribution in [-0.2, 0) is 13.2 Å². The molecule has 0 atom stereocenters. The summed E-state index contributed by atoms with van der Waals surface area (Å²) in [4.78, 5) is 4.74. The maximum absolute atomic E-state index is 6.11. The smallest absolute Gasteiger partial charge is 0.148 e. The molecule has 0 unspecified atom stereocenters. The van der Waals surface area contributed by atoms with E-state index in [1.807, 2.05) is 24.3 Å². The maximum atomic E-state index is 6.11. The van der Waals surface area contributed by atoms with Crippen LogP contribution in [-0.4, -0.2) is 9.55 Å². The highest BCUT2D eigenvalue weighted by molar-refractivity contribution is 6.31. The summed E-state index contributed by atoms with van der Waals surface area (Å²) in [6.07, 6.45) is 0. The van der Waals surface area contributed by atoms with Crippen LogP contribution in [0.5, 0.6) is 5.75 Å². The predicted octanol–water partition coefficient (Wildman–Crippen LogP) is 5.54. The number of aryl methyl sites for hydroxylation is 2. The average molecular weight is 343 g/mol. The summed E-state index contributed by atoms with van der Waals surface area (Å²) in [6.45, 7) is 9.92. The van der Waals surface area contributed by atoms with Crippen molar-refractivity contribution in [3.8, 4) is 5.75 Å². The highest BCUT2D eigenvalue weighted by atomic mass is 35.5. The Morgan fingerprint density at radius 2 is 1.92 bits per heavy atom. The molecule has 4 heteroatoms. The second-order valence-electron chi connectivity index (χ2n) is 6.72. The van der Waals surface area contributed by atoms with Crippen molar-refractivity contribution in [2.75, 3.05) is 0 Å². The van der Waals surface area contributed by atoms with Crippen molar-refractivity contribution < 1.29 is 4.74 Å². The zero-order valence-electron chi connectivity index (χ0n) is 14.6. The molecule has 0 spiro atoms. The third kappa shape index (κ3) is 3.57.